The number of carbonyl (C=O) groups excluding carboxylic acids is 1. The number of hydrogen-bond acceptors (Lipinski definition) is 6. The molecule has 0 aliphatic carbocycles. The van der Waals surface area contributed by atoms with E-state index in [1.807, 2.05) is 17.9 Å². The lowest BCUT2D eigenvalue weighted by Crippen LogP contribution is -2.43. The maximum absolute atomic E-state index is 14.8. The Hall–Kier alpha value is -4.19. The highest BCUT2D eigenvalue weighted by molar-refractivity contribution is 5.96. The Kier molecular flexibility index (Phi) is 7.38. The molecule has 12 heteroatoms. The van der Waals surface area contributed by atoms with E-state index in [9.17, 15) is 22.4 Å². The van der Waals surface area contributed by atoms with Crippen molar-refractivity contribution in [3.63, 3.8) is 0 Å². The summed E-state index contributed by atoms with van der Waals surface area (Å²) in [6, 6.07) is 7.62. The number of nitrogens with two attached hydrogens (primary N) is 1. The van der Waals surface area contributed by atoms with Gasteiger partial charge in [0.25, 0.3) is 5.91 Å². The first-order chi connectivity index (χ1) is 18.8. The van der Waals surface area contributed by atoms with Crippen molar-refractivity contribution in [2.45, 2.75) is 38.8 Å². The summed E-state index contributed by atoms with van der Waals surface area (Å²) >= 11 is 0. The minimum atomic E-state index is -3.29. The van der Waals surface area contributed by atoms with Crippen LogP contribution in [-0.2, 0) is 6.42 Å². The van der Waals surface area contributed by atoms with Gasteiger partial charge in [-0.05, 0) is 55.2 Å². The zero-order valence-corrected chi connectivity index (χ0v) is 21.0. The molecule has 8 nitrogen and oxygen atoms in total. The highest BCUT2D eigenvalue weighted by atomic mass is 19.3. The summed E-state index contributed by atoms with van der Waals surface area (Å²) in [5.41, 5.74) is 8.45. The zero-order valence-electron chi connectivity index (χ0n) is 21.0. The maximum atomic E-state index is 14.8. The number of aromatic nitrogens is 3. The molecular formula is C27H26F4N6O2. The van der Waals surface area contributed by atoms with Crippen LogP contribution in [0, 0.1) is 11.6 Å². The molecule has 3 heterocycles. The van der Waals surface area contributed by atoms with Gasteiger partial charge in [0, 0.05) is 48.3 Å². The fraction of sp³-hybridized carbons (Fsp3) is 0.296. The first-order valence-corrected chi connectivity index (χ1v) is 12.5. The van der Waals surface area contributed by atoms with Gasteiger partial charge in [-0.25, -0.2) is 14.4 Å². The predicted octanol–water partition coefficient (Wildman–Crippen LogP) is 5.15. The Bertz CT molecular complexity index is 1520. The molecule has 1 fully saturated rings. The van der Waals surface area contributed by atoms with Crippen LogP contribution in [0.2, 0.25) is 0 Å². The molecule has 1 amide bonds. The van der Waals surface area contributed by atoms with Crippen LogP contribution in [0.1, 0.15) is 35.7 Å². The average Bonchev–Trinajstić information content (AvgIpc) is 3.36. The van der Waals surface area contributed by atoms with Crippen molar-refractivity contribution in [1.29, 1.82) is 0 Å². The molecule has 39 heavy (non-hydrogen) atoms. The number of nitrogens with zero attached hydrogens (tertiary/aromatic N) is 4. The molecule has 4 aromatic rings. The van der Waals surface area contributed by atoms with Gasteiger partial charge in [-0.1, -0.05) is 6.92 Å². The number of halogens is 4. The van der Waals surface area contributed by atoms with Crippen molar-refractivity contribution in [3.05, 3.63) is 71.7 Å². The molecule has 2 aromatic heterocycles. The van der Waals surface area contributed by atoms with E-state index < -0.39 is 24.0 Å². The molecule has 0 saturated carbocycles. The molecule has 0 radical (unpaired) electrons. The Morgan fingerprint density at radius 2 is 1.92 bits per heavy atom. The van der Waals surface area contributed by atoms with Crippen LogP contribution in [0.3, 0.4) is 0 Å². The molecule has 0 atom stereocenters. The second-order valence-corrected chi connectivity index (χ2v) is 9.21. The van der Waals surface area contributed by atoms with Gasteiger partial charge in [0.1, 0.15) is 0 Å². The van der Waals surface area contributed by atoms with Crippen LogP contribution in [0.25, 0.3) is 16.9 Å². The van der Waals surface area contributed by atoms with Gasteiger partial charge < -0.3 is 20.7 Å². The fourth-order valence-corrected chi connectivity index (χ4v) is 4.71. The van der Waals surface area contributed by atoms with Gasteiger partial charge in [-0.2, -0.15) is 13.2 Å². The van der Waals surface area contributed by atoms with Crippen LogP contribution < -0.4 is 15.8 Å². The molecule has 204 valence electrons. The summed E-state index contributed by atoms with van der Waals surface area (Å²) in [7, 11) is 0. The number of nitrogens with one attached hydrogen (secondary N) is 1. The SMILES string of the molecule is CCc1cc(Nc2nccn3c(-c4ccc(OC(F)F)c(F)c4F)cnc23)ccc1C(=O)N1CCC(N)CC1. The number of piperidine rings is 1. The van der Waals surface area contributed by atoms with Gasteiger partial charge in [-0.3, -0.25) is 9.20 Å². The molecular weight excluding hydrogens is 516 g/mol. The van der Waals surface area contributed by atoms with Crippen LogP contribution in [0.15, 0.2) is 48.9 Å². The smallest absolute Gasteiger partial charge is 0.387 e. The number of rotatable bonds is 7. The molecule has 0 spiro atoms. The first kappa shape index (κ1) is 26.4. The minimum absolute atomic E-state index is 0.0253. The average molecular weight is 543 g/mol. The lowest BCUT2D eigenvalue weighted by atomic mass is 10.0. The quantitative estimate of drug-likeness (QED) is 0.314. The standard InChI is InChI=1S/C27H26F4N6O2/c1-2-15-13-17(3-4-18(15)26(38)36-10-7-16(32)8-11-36)35-24-25-34-14-20(37(25)12-9-33-24)19-5-6-21(39-27(30)31)23(29)22(19)28/h3-6,9,12-14,16,27H,2,7-8,10-11,32H2,1H3,(H,33,35). The Balaban J connectivity index is 1.43. The molecule has 1 saturated heterocycles. The third-order valence-corrected chi connectivity index (χ3v) is 6.77. The van der Waals surface area contributed by atoms with Gasteiger partial charge in [-0.15, -0.1) is 0 Å². The number of amides is 1. The summed E-state index contributed by atoms with van der Waals surface area (Å²) in [5, 5.41) is 3.19. The van der Waals surface area contributed by atoms with Crippen LogP contribution >= 0.6 is 0 Å². The van der Waals surface area contributed by atoms with Crippen LogP contribution in [0.4, 0.5) is 29.1 Å². The predicted molar refractivity (Wildman–Crippen MR) is 137 cm³/mol. The van der Waals surface area contributed by atoms with Crippen LogP contribution in [-0.4, -0.2) is 50.9 Å². The van der Waals surface area contributed by atoms with E-state index in [2.05, 4.69) is 20.0 Å². The third-order valence-electron chi connectivity index (χ3n) is 6.77. The molecule has 0 unspecified atom stereocenters. The van der Waals surface area contributed by atoms with E-state index in [0.29, 0.717) is 42.2 Å². The van der Waals surface area contributed by atoms with Crippen molar-refractivity contribution >= 4 is 23.1 Å². The van der Waals surface area contributed by atoms with Crippen molar-refractivity contribution in [2.75, 3.05) is 18.4 Å². The highest BCUT2D eigenvalue weighted by Gasteiger charge is 2.24. The fourth-order valence-electron chi connectivity index (χ4n) is 4.71. The third kappa shape index (κ3) is 5.24. The molecule has 0 bridgehead atoms. The number of fused-ring (bicyclic) bond motifs is 1. The molecule has 5 rings (SSSR count). The number of hydrogen-bond donors (Lipinski definition) is 2. The van der Waals surface area contributed by atoms with Crippen molar-refractivity contribution in [2.24, 2.45) is 5.73 Å². The first-order valence-electron chi connectivity index (χ1n) is 12.5. The Morgan fingerprint density at radius 1 is 1.15 bits per heavy atom. The van der Waals surface area contributed by atoms with Gasteiger partial charge >= 0.3 is 6.61 Å². The molecule has 3 N–H and O–H groups in total. The molecule has 2 aromatic carbocycles. The topological polar surface area (TPSA) is 97.8 Å². The lowest BCUT2D eigenvalue weighted by Gasteiger charge is -2.30. The summed E-state index contributed by atoms with van der Waals surface area (Å²) in [6.45, 7) is -0.0648. The van der Waals surface area contributed by atoms with E-state index in [1.54, 1.807) is 12.1 Å². The van der Waals surface area contributed by atoms with Gasteiger partial charge in [0.2, 0.25) is 5.82 Å². The number of likely N-dealkylation sites (tertiary alicyclic amines) is 1. The second kappa shape index (κ2) is 10.9. The number of alkyl halides is 2. The maximum Gasteiger partial charge on any atom is 0.387 e. The van der Waals surface area contributed by atoms with E-state index in [-0.39, 0.29) is 23.2 Å². The highest BCUT2D eigenvalue weighted by Crippen LogP contribution is 2.32. The summed E-state index contributed by atoms with van der Waals surface area (Å²) < 4.78 is 59.6. The summed E-state index contributed by atoms with van der Waals surface area (Å²) in [4.78, 5) is 23.6. The lowest BCUT2D eigenvalue weighted by molar-refractivity contribution is -0.0525. The number of ether oxygens (including phenoxy) is 1. The van der Waals surface area contributed by atoms with Crippen LogP contribution in [0.5, 0.6) is 5.75 Å². The monoisotopic (exact) mass is 542 g/mol. The number of carbonyl (C=O) groups is 1. The summed E-state index contributed by atoms with van der Waals surface area (Å²) in [5.74, 6) is -3.44. The number of imidazole rings is 1. The van der Waals surface area contributed by atoms with E-state index in [0.717, 1.165) is 30.5 Å². The van der Waals surface area contributed by atoms with Gasteiger partial charge in [0.05, 0.1) is 11.9 Å². The van der Waals surface area contributed by atoms with Crippen molar-refractivity contribution in [3.8, 4) is 17.0 Å². The number of anilines is 2. The minimum Gasteiger partial charge on any atom is -0.432 e. The summed E-state index contributed by atoms with van der Waals surface area (Å²) in [6.07, 6.45) is 6.50. The van der Waals surface area contributed by atoms with Crippen molar-refractivity contribution < 1.29 is 27.1 Å². The zero-order chi connectivity index (χ0) is 27.7. The largest absolute Gasteiger partial charge is 0.432 e. The normalized spacial score (nSPS) is 14.3. The number of aryl methyl sites for hydroxylation is 1. The second-order valence-electron chi connectivity index (χ2n) is 9.21. The van der Waals surface area contributed by atoms with E-state index in [4.69, 9.17) is 5.73 Å². The van der Waals surface area contributed by atoms with Crippen molar-refractivity contribution in [1.82, 2.24) is 19.3 Å². The molecule has 1 aliphatic heterocycles. The number of benzene rings is 2. The van der Waals surface area contributed by atoms with E-state index >= 15 is 0 Å². The van der Waals surface area contributed by atoms with Gasteiger partial charge in [0.15, 0.2) is 23.0 Å². The molecule has 1 aliphatic rings. The van der Waals surface area contributed by atoms with E-state index in [1.165, 1.54) is 23.0 Å². The Labute approximate surface area is 221 Å². The Morgan fingerprint density at radius 3 is 2.64 bits per heavy atom.